The summed E-state index contributed by atoms with van der Waals surface area (Å²) in [7, 11) is 1.37. The summed E-state index contributed by atoms with van der Waals surface area (Å²) in [4.78, 5) is 27.7. The van der Waals surface area contributed by atoms with Gasteiger partial charge in [0.2, 0.25) is 5.82 Å². The second-order valence-electron chi connectivity index (χ2n) is 9.17. The highest BCUT2D eigenvalue weighted by Crippen LogP contribution is 2.33. The van der Waals surface area contributed by atoms with Crippen LogP contribution in [0.15, 0.2) is 24.7 Å². The highest BCUT2D eigenvalue weighted by Gasteiger charge is 2.34. The molecule has 0 saturated carbocycles. The van der Waals surface area contributed by atoms with Crippen LogP contribution in [-0.2, 0) is 20.4 Å². The van der Waals surface area contributed by atoms with E-state index in [1.807, 2.05) is 6.92 Å². The predicted molar refractivity (Wildman–Crippen MR) is 126 cm³/mol. The topological polar surface area (TPSA) is 92.7 Å². The lowest BCUT2D eigenvalue weighted by atomic mass is 9.96. The number of pyridine rings is 1. The molecule has 0 radical (unpaired) electrons. The number of ether oxygens (including phenoxy) is 2. The maximum Gasteiger partial charge on any atom is 0.417 e. The molecule has 0 amide bonds. The Hall–Kier alpha value is -3.06. The van der Waals surface area contributed by atoms with Crippen molar-refractivity contribution in [3.05, 3.63) is 41.7 Å². The summed E-state index contributed by atoms with van der Waals surface area (Å²) < 4.78 is 64.7. The van der Waals surface area contributed by atoms with Gasteiger partial charge in [0.15, 0.2) is 11.6 Å². The molecule has 0 aliphatic carbocycles. The fraction of sp³-hybridized carbons (Fsp3) is 0.583. The number of rotatable bonds is 7. The number of esters is 1. The van der Waals surface area contributed by atoms with Gasteiger partial charge in [-0.15, -0.1) is 0 Å². The molecule has 2 saturated heterocycles. The number of carbonyl (C=O) groups is 1. The van der Waals surface area contributed by atoms with Gasteiger partial charge in [0.1, 0.15) is 12.4 Å². The van der Waals surface area contributed by atoms with Gasteiger partial charge in [-0.3, -0.25) is 14.7 Å². The van der Waals surface area contributed by atoms with Gasteiger partial charge in [-0.1, -0.05) is 0 Å². The summed E-state index contributed by atoms with van der Waals surface area (Å²) in [6.45, 7) is 4.52. The van der Waals surface area contributed by atoms with Gasteiger partial charge in [0, 0.05) is 19.3 Å². The molecule has 202 valence electrons. The van der Waals surface area contributed by atoms with Crippen LogP contribution in [0.4, 0.5) is 29.2 Å². The Morgan fingerprint density at radius 2 is 1.97 bits per heavy atom. The van der Waals surface area contributed by atoms with E-state index in [0.717, 1.165) is 38.2 Å². The number of piperidine rings is 1. The lowest BCUT2D eigenvalue weighted by Crippen LogP contribution is -2.45. The van der Waals surface area contributed by atoms with Crippen LogP contribution in [-0.4, -0.2) is 78.4 Å². The largest absolute Gasteiger partial charge is 0.468 e. The standard InChI is InChI=1S/C24H30F4N6O3/c1-15(23(35)36-2)33-7-5-16(6-8-33)11-30-21-20(25)22(32-14-31-21)34-9-10-37-13-19(34)18-4-3-17(12-29-18)24(26,27)28/h3-4,12,14-16,19H,5-11,13H2,1-2H3,(H,30,31,32). The molecule has 0 spiro atoms. The second-order valence-corrected chi connectivity index (χ2v) is 9.17. The second kappa shape index (κ2) is 11.5. The fourth-order valence-corrected chi connectivity index (χ4v) is 4.66. The Morgan fingerprint density at radius 1 is 1.22 bits per heavy atom. The summed E-state index contributed by atoms with van der Waals surface area (Å²) in [6.07, 6.45) is -0.807. The van der Waals surface area contributed by atoms with Gasteiger partial charge in [0.25, 0.3) is 0 Å². The fourth-order valence-electron chi connectivity index (χ4n) is 4.66. The number of anilines is 2. The van der Waals surface area contributed by atoms with Crippen molar-refractivity contribution in [3.8, 4) is 0 Å². The first-order chi connectivity index (χ1) is 17.7. The monoisotopic (exact) mass is 526 g/mol. The summed E-state index contributed by atoms with van der Waals surface area (Å²) in [5.74, 6) is -0.542. The Kier molecular flexibility index (Phi) is 8.42. The van der Waals surface area contributed by atoms with Crippen molar-refractivity contribution in [2.45, 2.75) is 38.0 Å². The number of hydrogen-bond donors (Lipinski definition) is 1. The van der Waals surface area contributed by atoms with Crippen molar-refractivity contribution in [3.63, 3.8) is 0 Å². The Balaban J connectivity index is 1.42. The van der Waals surface area contributed by atoms with Crippen LogP contribution >= 0.6 is 0 Å². The van der Waals surface area contributed by atoms with Crippen molar-refractivity contribution < 1.29 is 31.8 Å². The molecule has 2 aromatic rings. The van der Waals surface area contributed by atoms with Crippen LogP contribution in [0.5, 0.6) is 0 Å². The lowest BCUT2D eigenvalue weighted by molar-refractivity contribution is -0.146. The van der Waals surface area contributed by atoms with Crippen molar-refractivity contribution in [2.75, 3.05) is 56.7 Å². The minimum Gasteiger partial charge on any atom is -0.468 e. The van der Waals surface area contributed by atoms with Crippen LogP contribution in [0.2, 0.25) is 0 Å². The normalized spacial score (nSPS) is 20.5. The molecule has 0 bridgehead atoms. The van der Waals surface area contributed by atoms with Crippen molar-refractivity contribution in [1.82, 2.24) is 19.9 Å². The number of nitrogens with zero attached hydrogens (tertiary/aromatic N) is 5. The first-order valence-electron chi connectivity index (χ1n) is 12.1. The maximum absolute atomic E-state index is 15.5. The van der Waals surface area contributed by atoms with Crippen LogP contribution < -0.4 is 10.2 Å². The molecule has 2 fully saturated rings. The highest BCUT2D eigenvalue weighted by atomic mass is 19.4. The van der Waals surface area contributed by atoms with Gasteiger partial charge in [-0.2, -0.15) is 17.6 Å². The molecule has 2 aliphatic rings. The van der Waals surface area contributed by atoms with E-state index in [-0.39, 0.29) is 42.7 Å². The third-order valence-electron chi connectivity index (χ3n) is 6.92. The van der Waals surface area contributed by atoms with Gasteiger partial charge in [-0.05, 0) is 50.9 Å². The van der Waals surface area contributed by atoms with Gasteiger partial charge < -0.3 is 19.7 Å². The number of hydrogen-bond acceptors (Lipinski definition) is 9. The number of halogens is 4. The van der Waals surface area contributed by atoms with Crippen molar-refractivity contribution in [2.24, 2.45) is 5.92 Å². The predicted octanol–water partition coefficient (Wildman–Crippen LogP) is 3.29. The SMILES string of the molecule is COC(=O)C(C)N1CCC(CNc2ncnc(N3CCOCC3c3ccc(C(F)(F)F)cn3)c2F)CC1. The van der Waals surface area contributed by atoms with Crippen LogP contribution in [0, 0.1) is 11.7 Å². The summed E-state index contributed by atoms with van der Waals surface area (Å²) in [5.41, 5.74) is -0.530. The lowest BCUT2D eigenvalue weighted by Gasteiger charge is -2.36. The molecular weight excluding hydrogens is 496 g/mol. The number of carbonyl (C=O) groups excluding carboxylic acids is 1. The number of methoxy groups -OCH3 is 1. The third kappa shape index (κ3) is 6.27. The van der Waals surface area contributed by atoms with Gasteiger partial charge >= 0.3 is 12.1 Å². The molecule has 2 aromatic heterocycles. The minimum atomic E-state index is -4.50. The molecule has 13 heteroatoms. The van der Waals surface area contributed by atoms with E-state index in [1.54, 1.807) is 4.90 Å². The zero-order valence-electron chi connectivity index (χ0n) is 20.7. The van der Waals surface area contributed by atoms with E-state index in [4.69, 9.17) is 9.47 Å². The smallest absolute Gasteiger partial charge is 0.417 e. The summed E-state index contributed by atoms with van der Waals surface area (Å²) in [6, 6.07) is 1.33. The average molecular weight is 527 g/mol. The zero-order valence-corrected chi connectivity index (χ0v) is 20.7. The number of alkyl halides is 3. The Bertz CT molecular complexity index is 1060. The number of aromatic nitrogens is 3. The summed E-state index contributed by atoms with van der Waals surface area (Å²) >= 11 is 0. The molecule has 0 aromatic carbocycles. The quantitative estimate of drug-likeness (QED) is 0.431. The number of likely N-dealkylation sites (tertiary alicyclic amines) is 1. The van der Waals surface area contributed by atoms with E-state index in [2.05, 4.69) is 25.2 Å². The molecular formula is C24H30F4N6O3. The van der Waals surface area contributed by atoms with Crippen molar-refractivity contribution >= 4 is 17.6 Å². The molecule has 4 rings (SSSR count). The first kappa shape index (κ1) is 27.0. The zero-order chi connectivity index (χ0) is 26.6. The molecule has 37 heavy (non-hydrogen) atoms. The summed E-state index contributed by atoms with van der Waals surface area (Å²) in [5, 5.41) is 3.08. The first-order valence-corrected chi connectivity index (χ1v) is 12.1. The Morgan fingerprint density at radius 3 is 2.62 bits per heavy atom. The van der Waals surface area contributed by atoms with Crippen LogP contribution in [0.3, 0.4) is 0 Å². The average Bonchev–Trinajstić information content (AvgIpc) is 2.91. The van der Waals surface area contributed by atoms with E-state index in [0.29, 0.717) is 18.8 Å². The number of nitrogens with one attached hydrogen (secondary N) is 1. The molecule has 2 aliphatic heterocycles. The highest BCUT2D eigenvalue weighted by molar-refractivity contribution is 5.75. The molecule has 1 N–H and O–H groups in total. The van der Waals surface area contributed by atoms with Crippen LogP contribution in [0.1, 0.15) is 37.1 Å². The van der Waals surface area contributed by atoms with E-state index >= 15 is 4.39 Å². The van der Waals surface area contributed by atoms with Gasteiger partial charge in [-0.25, -0.2) is 9.97 Å². The molecule has 2 unspecified atom stereocenters. The maximum atomic E-state index is 15.5. The number of morpholine rings is 1. The molecule has 9 nitrogen and oxygen atoms in total. The van der Waals surface area contributed by atoms with E-state index in [9.17, 15) is 18.0 Å². The van der Waals surface area contributed by atoms with Crippen molar-refractivity contribution in [1.29, 1.82) is 0 Å². The third-order valence-corrected chi connectivity index (χ3v) is 6.92. The Labute approximate surface area is 212 Å². The molecule has 4 heterocycles. The van der Waals surface area contributed by atoms with Crippen LogP contribution in [0.25, 0.3) is 0 Å². The minimum absolute atomic E-state index is 0.0363. The molecule has 2 atom stereocenters. The van der Waals surface area contributed by atoms with E-state index < -0.39 is 23.6 Å². The van der Waals surface area contributed by atoms with Gasteiger partial charge in [0.05, 0.1) is 37.6 Å². The van der Waals surface area contributed by atoms with E-state index in [1.165, 1.54) is 19.5 Å².